The Labute approximate surface area is 109 Å². The molecule has 1 amide bonds. The molecule has 0 fully saturated rings. The Balaban J connectivity index is 2.73. The van der Waals surface area contributed by atoms with E-state index in [1.807, 2.05) is 0 Å². The highest BCUT2D eigenvalue weighted by molar-refractivity contribution is 6.34. The Kier molecular flexibility index (Phi) is 5.15. The second-order valence-corrected chi connectivity index (χ2v) is 3.76. The first-order valence-electron chi connectivity index (χ1n) is 5.18. The Morgan fingerprint density at radius 2 is 2.28 bits per heavy atom. The zero-order chi connectivity index (χ0) is 13.5. The largest absolute Gasteiger partial charge is 0.351 e. The SMILES string of the molecule is CC#CCCNC(=O)c1ccc([N+](=O)[O-])cc1Cl. The third-order valence-electron chi connectivity index (χ3n) is 2.12. The van der Waals surface area contributed by atoms with E-state index in [1.54, 1.807) is 6.92 Å². The predicted molar refractivity (Wildman–Crippen MR) is 68.5 cm³/mol. The highest BCUT2D eigenvalue weighted by Crippen LogP contribution is 2.22. The molecule has 0 aliphatic carbocycles. The molecule has 0 radical (unpaired) electrons. The molecule has 0 saturated heterocycles. The van der Waals surface area contributed by atoms with Gasteiger partial charge in [-0.05, 0) is 13.0 Å². The first-order valence-corrected chi connectivity index (χ1v) is 5.55. The number of carbonyl (C=O) groups is 1. The summed E-state index contributed by atoms with van der Waals surface area (Å²) in [5.41, 5.74) is 0.0696. The van der Waals surface area contributed by atoms with E-state index in [9.17, 15) is 14.9 Å². The average Bonchev–Trinajstić information content (AvgIpc) is 2.34. The van der Waals surface area contributed by atoms with Crippen molar-refractivity contribution in [2.75, 3.05) is 6.54 Å². The van der Waals surface area contributed by atoms with Gasteiger partial charge < -0.3 is 5.32 Å². The maximum atomic E-state index is 11.7. The number of rotatable bonds is 4. The monoisotopic (exact) mass is 266 g/mol. The minimum atomic E-state index is -0.565. The number of nitro benzene ring substituents is 1. The highest BCUT2D eigenvalue weighted by Gasteiger charge is 2.14. The summed E-state index contributed by atoms with van der Waals surface area (Å²) in [6.07, 6.45) is 0.548. The molecule has 0 aliphatic heterocycles. The number of amides is 1. The lowest BCUT2D eigenvalue weighted by Gasteiger charge is -2.04. The Morgan fingerprint density at radius 3 is 2.83 bits per heavy atom. The van der Waals surface area contributed by atoms with Crippen molar-refractivity contribution in [1.29, 1.82) is 0 Å². The number of halogens is 1. The van der Waals surface area contributed by atoms with Crippen LogP contribution in [0.1, 0.15) is 23.7 Å². The maximum absolute atomic E-state index is 11.7. The summed E-state index contributed by atoms with van der Waals surface area (Å²) in [6, 6.07) is 3.73. The molecule has 1 aromatic carbocycles. The van der Waals surface area contributed by atoms with Gasteiger partial charge in [-0.25, -0.2) is 0 Å². The fourth-order valence-electron chi connectivity index (χ4n) is 1.26. The van der Waals surface area contributed by atoms with Gasteiger partial charge in [0.25, 0.3) is 11.6 Å². The van der Waals surface area contributed by atoms with Gasteiger partial charge in [-0.15, -0.1) is 11.8 Å². The number of nitrogens with one attached hydrogen (secondary N) is 1. The zero-order valence-electron chi connectivity index (χ0n) is 9.70. The van der Waals surface area contributed by atoms with Gasteiger partial charge in [0, 0.05) is 25.1 Å². The minimum absolute atomic E-state index is 0.0586. The molecular weight excluding hydrogens is 256 g/mol. The van der Waals surface area contributed by atoms with Crippen LogP contribution < -0.4 is 5.32 Å². The van der Waals surface area contributed by atoms with Crippen LogP contribution in [0.2, 0.25) is 5.02 Å². The molecule has 0 aliphatic rings. The van der Waals surface area contributed by atoms with Gasteiger partial charge in [-0.3, -0.25) is 14.9 Å². The van der Waals surface area contributed by atoms with Crippen molar-refractivity contribution in [3.63, 3.8) is 0 Å². The van der Waals surface area contributed by atoms with Crippen LogP contribution in [0.15, 0.2) is 18.2 Å². The second kappa shape index (κ2) is 6.62. The van der Waals surface area contributed by atoms with E-state index in [1.165, 1.54) is 12.1 Å². The van der Waals surface area contributed by atoms with E-state index in [2.05, 4.69) is 17.2 Å². The Bertz CT molecular complexity index is 532. The van der Waals surface area contributed by atoms with Gasteiger partial charge in [0.2, 0.25) is 0 Å². The van der Waals surface area contributed by atoms with Crippen LogP contribution in [-0.4, -0.2) is 17.4 Å². The van der Waals surface area contributed by atoms with E-state index in [-0.39, 0.29) is 22.2 Å². The summed E-state index contributed by atoms with van der Waals surface area (Å²) < 4.78 is 0. The third kappa shape index (κ3) is 3.75. The number of hydrogen-bond acceptors (Lipinski definition) is 3. The minimum Gasteiger partial charge on any atom is -0.351 e. The first kappa shape index (κ1) is 14.0. The Hall–Kier alpha value is -2.06. The van der Waals surface area contributed by atoms with Crippen LogP contribution in [0.25, 0.3) is 0 Å². The van der Waals surface area contributed by atoms with E-state index in [0.29, 0.717) is 13.0 Å². The van der Waals surface area contributed by atoms with Gasteiger partial charge in [0.1, 0.15) is 0 Å². The summed E-state index contributed by atoms with van der Waals surface area (Å²) in [4.78, 5) is 21.6. The normalized spacial score (nSPS) is 9.22. The second-order valence-electron chi connectivity index (χ2n) is 3.35. The van der Waals surface area contributed by atoms with Crippen LogP contribution in [0.3, 0.4) is 0 Å². The van der Waals surface area contributed by atoms with Crippen LogP contribution in [0.5, 0.6) is 0 Å². The van der Waals surface area contributed by atoms with Crippen molar-refractivity contribution in [2.45, 2.75) is 13.3 Å². The molecule has 5 nitrogen and oxygen atoms in total. The zero-order valence-corrected chi connectivity index (χ0v) is 10.5. The molecule has 0 heterocycles. The number of benzene rings is 1. The van der Waals surface area contributed by atoms with E-state index in [4.69, 9.17) is 11.6 Å². The quantitative estimate of drug-likeness (QED) is 0.394. The molecule has 0 saturated carbocycles. The third-order valence-corrected chi connectivity index (χ3v) is 2.43. The fourth-order valence-corrected chi connectivity index (χ4v) is 1.52. The molecule has 0 bridgehead atoms. The van der Waals surface area contributed by atoms with Crippen molar-refractivity contribution in [3.8, 4) is 11.8 Å². The van der Waals surface area contributed by atoms with Crippen molar-refractivity contribution >= 4 is 23.2 Å². The number of non-ortho nitro benzene ring substituents is 1. The van der Waals surface area contributed by atoms with Gasteiger partial charge in [-0.1, -0.05) is 11.6 Å². The van der Waals surface area contributed by atoms with Crippen molar-refractivity contribution in [1.82, 2.24) is 5.32 Å². The summed E-state index contributed by atoms with van der Waals surface area (Å²) in [6.45, 7) is 2.13. The number of hydrogen-bond donors (Lipinski definition) is 1. The van der Waals surface area contributed by atoms with E-state index < -0.39 is 4.92 Å². The lowest BCUT2D eigenvalue weighted by molar-refractivity contribution is -0.384. The van der Waals surface area contributed by atoms with Crippen LogP contribution in [0, 0.1) is 22.0 Å². The molecule has 18 heavy (non-hydrogen) atoms. The predicted octanol–water partition coefficient (Wildman–Crippen LogP) is 2.39. The molecule has 94 valence electrons. The summed E-state index contributed by atoms with van der Waals surface area (Å²) >= 11 is 5.82. The highest BCUT2D eigenvalue weighted by atomic mass is 35.5. The standard InChI is InChI=1S/C12H11ClN2O3/c1-2-3-4-7-14-12(16)10-6-5-9(15(17)18)8-11(10)13/h5-6,8H,4,7H2,1H3,(H,14,16). The maximum Gasteiger partial charge on any atom is 0.270 e. The van der Waals surface area contributed by atoms with Crippen molar-refractivity contribution in [2.24, 2.45) is 0 Å². The van der Waals surface area contributed by atoms with E-state index >= 15 is 0 Å². The van der Waals surface area contributed by atoms with E-state index in [0.717, 1.165) is 6.07 Å². The molecule has 0 spiro atoms. The van der Waals surface area contributed by atoms with Gasteiger partial charge in [0.15, 0.2) is 0 Å². The van der Waals surface area contributed by atoms with Crippen LogP contribution in [0.4, 0.5) is 5.69 Å². The molecule has 6 heteroatoms. The molecule has 0 aromatic heterocycles. The summed E-state index contributed by atoms with van der Waals surface area (Å²) in [5.74, 6) is 5.15. The molecular formula is C12H11ClN2O3. The number of nitrogens with zero attached hydrogens (tertiary/aromatic N) is 1. The number of nitro groups is 1. The lowest BCUT2D eigenvalue weighted by atomic mass is 10.2. The molecule has 1 rings (SSSR count). The average molecular weight is 267 g/mol. The summed E-state index contributed by atoms with van der Waals surface area (Å²) in [5, 5.41) is 13.2. The lowest BCUT2D eigenvalue weighted by Crippen LogP contribution is -2.24. The van der Waals surface area contributed by atoms with Crippen LogP contribution >= 0.6 is 11.6 Å². The Morgan fingerprint density at radius 1 is 1.56 bits per heavy atom. The smallest absolute Gasteiger partial charge is 0.270 e. The van der Waals surface area contributed by atoms with Crippen LogP contribution in [-0.2, 0) is 0 Å². The molecule has 0 unspecified atom stereocenters. The van der Waals surface area contributed by atoms with Gasteiger partial charge in [0.05, 0.1) is 15.5 Å². The first-order chi connectivity index (χ1) is 8.56. The number of carbonyl (C=O) groups excluding carboxylic acids is 1. The molecule has 1 N–H and O–H groups in total. The van der Waals surface area contributed by atoms with Gasteiger partial charge >= 0.3 is 0 Å². The molecule has 1 aromatic rings. The van der Waals surface area contributed by atoms with Crippen molar-refractivity contribution < 1.29 is 9.72 Å². The molecule has 0 atom stereocenters. The fraction of sp³-hybridized carbons (Fsp3) is 0.250. The topological polar surface area (TPSA) is 72.2 Å². The summed E-state index contributed by atoms with van der Waals surface area (Å²) in [7, 11) is 0. The van der Waals surface area contributed by atoms with Gasteiger partial charge in [-0.2, -0.15) is 0 Å². The van der Waals surface area contributed by atoms with Crippen molar-refractivity contribution in [3.05, 3.63) is 38.9 Å².